The summed E-state index contributed by atoms with van der Waals surface area (Å²) in [6.45, 7) is 6.72. The number of hydrogen-bond acceptors (Lipinski definition) is 9. The van der Waals surface area contributed by atoms with Crippen LogP contribution < -0.4 is 0 Å². The molecule has 0 atom stereocenters. The minimum Gasteiger partial charge on any atom is -0.377 e. The molecular weight excluding hydrogens is 624 g/mol. The van der Waals surface area contributed by atoms with Gasteiger partial charge >= 0.3 is 0 Å². The van der Waals surface area contributed by atoms with E-state index in [1.807, 2.05) is 109 Å². The van der Waals surface area contributed by atoms with Crippen molar-refractivity contribution in [3.63, 3.8) is 0 Å². The van der Waals surface area contributed by atoms with Gasteiger partial charge in [0.25, 0.3) is 0 Å². The predicted octanol–water partition coefficient (Wildman–Crippen LogP) is 5.97. The van der Waals surface area contributed by atoms with Crippen molar-refractivity contribution in [1.29, 1.82) is 0 Å². The highest BCUT2D eigenvalue weighted by atomic mass is 16.6. The number of benzene rings is 4. The van der Waals surface area contributed by atoms with Gasteiger partial charge in [-0.2, -0.15) is 0 Å². The van der Waals surface area contributed by atoms with Gasteiger partial charge in [-0.1, -0.05) is 109 Å². The Labute approximate surface area is 289 Å². The van der Waals surface area contributed by atoms with Crippen LogP contribution in [-0.4, -0.2) is 90.8 Å². The summed E-state index contributed by atoms with van der Waals surface area (Å²) < 4.78 is 39.0. The van der Waals surface area contributed by atoms with Gasteiger partial charge in [-0.25, -0.2) is 0 Å². The van der Waals surface area contributed by atoms with E-state index in [0.29, 0.717) is 115 Å². The van der Waals surface area contributed by atoms with E-state index < -0.39 is 0 Å². The zero-order valence-electron chi connectivity index (χ0n) is 28.0. The molecule has 9 nitrogen and oxygen atoms in total. The summed E-state index contributed by atoms with van der Waals surface area (Å²) in [5, 5.41) is 0. The molecule has 0 fully saturated rings. The molecule has 0 aliphatic heterocycles. The standard InChI is InChI=1S/C40H46O9/c41-39(35-7-3-1-4-8-35)37-15-11-33(12-16-37)31-48-29-27-46-25-23-44-21-19-43-20-22-45-24-26-47-28-30-49-32-34-13-17-38(18-14-34)40(42)36-9-5-2-6-10-36/h1-18H,19-32H2. The summed E-state index contributed by atoms with van der Waals surface area (Å²) in [7, 11) is 0. The molecule has 4 aromatic rings. The van der Waals surface area contributed by atoms with E-state index in [4.69, 9.17) is 33.2 Å². The largest absolute Gasteiger partial charge is 0.377 e. The lowest BCUT2D eigenvalue weighted by atomic mass is 10.0. The van der Waals surface area contributed by atoms with Crippen LogP contribution in [0, 0.1) is 0 Å². The summed E-state index contributed by atoms with van der Waals surface area (Å²) >= 11 is 0. The van der Waals surface area contributed by atoms with Crippen molar-refractivity contribution in [3.05, 3.63) is 143 Å². The van der Waals surface area contributed by atoms with Crippen LogP contribution in [-0.2, 0) is 46.4 Å². The molecule has 0 saturated heterocycles. The molecule has 0 radical (unpaired) electrons. The number of ether oxygens (including phenoxy) is 7. The lowest BCUT2D eigenvalue weighted by Gasteiger charge is -2.09. The maximum absolute atomic E-state index is 12.5. The molecule has 0 heterocycles. The topological polar surface area (TPSA) is 98.8 Å². The highest BCUT2D eigenvalue weighted by molar-refractivity contribution is 6.09. The first-order valence-corrected chi connectivity index (χ1v) is 16.6. The van der Waals surface area contributed by atoms with Gasteiger partial charge in [0.05, 0.1) is 92.5 Å². The highest BCUT2D eigenvalue weighted by Crippen LogP contribution is 2.13. The first kappa shape index (κ1) is 37.8. The minimum atomic E-state index is 0.0108. The normalized spacial score (nSPS) is 11.1. The Bertz CT molecular complexity index is 1350. The van der Waals surface area contributed by atoms with E-state index >= 15 is 0 Å². The third-order valence-electron chi connectivity index (χ3n) is 7.27. The molecule has 0 aromatic heterocycles. The van der Waals surface area contributed by atoms with Crippen LogP contribution in [0.2, 0.25) is 0 Å². The molecule has 9 heteroatoms. The quantitative estimate of drug-likeness (QED) is 0.0592. The van der Waals surface area contributed by atoms with Crippen molar-refractivity contribution in [3.8, 4) is 0 Å². The van der Waals surface area contributed by atoms with Crippen LogP contribution >= 0.6 is 0 Å². The third kappa shape index (κ3) is 14.9. The molecule has 260 valence electrons. The molecule has 0 N–H and O–H groups in total. The second kappa shape index (κ2) is 23.3. The molecule has 0 aliphatic rings. The second-order valence-corrected chi connectivity index (χ2v) is 11.0. The average molecular weight is 671 g/mol. The van der Waals surface area contributed by atoms with E-state index in [-0.39, 0.29) is 11.6 Å². The molecular formula is C40H46O9. The maximum atomic E-state index is 12.5. The monoisotopic (exact) mass is 670 g/mol. The van der Waals surface area contributed by atoms with Crippen LogP contribution in [0.4, 0.5) is 0 Å². The van der Waals surface area contributed by atoms with Crippen LogP contribution in [0.3, 0.4) is 0 Å². The molecule has 4 rings (SSSR count). The highest BCUT2D eigenvalue weighted by Gasteiger charge is 2.09. The average Bonchev–Trinajstić information content (AvgIpc) is 3.16. The Kier molecular flexibility index (Phi) is 18.0. The summed E-state index contributed by atoms with van der Waals surface area (Å²) in [5.41, 5.74) is 4.68. The van der Waals surface area contributed by atoms with Gasteiger partial charge in [0, 0.05) is 22.3 Å². The molecule has 0 saturated carbocycles. The SMILES string of the molecule is O=C(c1ccccc1)c1ccc(COCCOCCOCCOCCOCCOCCOCc2ccc(C(=O)c3ccccc3)cc2)cc1. The Hall–Kier alpha value is -4.06. The smallest absolute Gasteiger partial charge is 0.193 e. The third-order valence-corrected chi connectivity index (χ3v) is 7.27. The predicted molar refractivity (Wildman–Crippen MR) is 186 cm³/mol. The summed E-state index contributed by atoms with van der Waals surface area (Å²) in [5.74, 6) is 0.0216. The van der Waals surface area contributed by atoms with Gasteiger partial charge in [0.2, 0.25) is 0 Å². The Morgan fingerprint density at radius 1 is 0.306 bits per heavy atom. The van der Waals surface area contributed by atoms with Crippen molar-refractivity contribution in [1.82, 2.24) is 0 Å². The van der Waals surface area contributed by atoms with Crippen molar-refractivity contribution < 1.29 is 42.7 Å². The number of carbonyl (C=O) groups is 2. The summed E-state index contributed by atoms with van der Waals surface area (Å²) in [6, 6.07) is 33.5. The minimum absolute atomic E-state index is 0.0108. The summed E-state index contributed by atoms with van der Waals surface area (Å²) in [4.78, 5) is 25.0. The van der Waals surface area contributed by atoms with E-state index in [9.17, 15) is 9.59 Å². The fourth-order valence-corrected chi connectivity index (χ4v) is 4.61. The van der Waals surface area contributed by atoms with Gasteiger partial charge in [-0.05, 0) is 11.1 Å². The molecule has 0 bridgehead atoms. The maximum Gasteiger partial charge on any atom is 0.193 e. The van der Waals surface area contributed by atoms with Gasteiger partial charge in [-0.15, -0.1) is 0 Å². The lowest BCUT2D eigenvalue weighted by Crippen LogP contribution is -2.14. The first-order chi connectivity index (χ1) is 24.2. The fraction of sp³-hybridized carbons (Fsp3) is 0.350. The first-order valence-electron chi connectivity index (χ1n) is 16.6. The van der Waals surface area contributed by atoms with Crippen molar-refractivity contribution in [2.45, 2.75) is 13.2 Å². The van der Waals surface area contributed by atoms with Crippen LogP contribution in [0.25, 0.3) is 0 Å². The number of ketones is 2. The van der Waals surface area contributed by atoms with E-state index in [1.165, 1.54) is 0 Å². The van der Waals surface area contributed by atoms with Crippen LogP contribution in [0.15, 0.2) is 109 Å². The van der Waals surface area contributed by atoms with Gasteiger partial charge < -0.3 is 33.2 Å². The molecule has 0 aliphatic carbocycles. The molecule has 0 amide bonds. The molecule has 0 unspecified atom stereocenters. The van der Waals surface area contributed by atoms with Gasteiger partial charge in [0.1, 0.15) is 0 Å². The number of rotatable bonds is 26. The van der Waals surface area contributed by atoms with Crippen molar-refractivity contribution >= 4 is 11.6 Å². The Morgan fingerprint density at radius 2 is 0.551 bits per heavy atom. The van der Waals surface area contributed by atoms with Crippen molar-refractivity contribution in [2.75, 3.05) is 79.3 Å². The van der Waals surface area contributed by atoms with E-state index in [1.54, 1.807) is 0 Å². The fourth-order valence-electron chi connectivity index (χ4n) is 4.61. The van der Waals surface area contributed by atoms with E-state index in [0.717, 1.165) is 11.1 Å². The number of carbonyl (C=O) groups excluding carboxylic acids is 2. The molecule has 49 heavy (non-hydrogen) atoms. The van der Waals surface area contributed by atoms with Crippen molar-refractivity contribution in [2.24, 2.45) is 0 Å². The zero-order valence-corrected chi connectivity index (χ0v) is 28.0. The van der Waals surface area contributed by atoms with Crippen LogP contribution in [0.5, 0.6) is 0 Å². The molecule has 4 aromatic carbocycles. The second-order valence-electron chi connectivity index (χ2n) is 11.0. The Morgan fingerprint density at radius 3 is 0.837 bits per heavy atom. The van der Waals surface area contributed by atoms with Gasteiger partial charge in [-0.3, -0.25) is 9.59 Å². The Balaban J connectivity index is 0.860. The van der Waals surface area contributed by atoms with Gasteiger partial charge in [0.15, 0.2) is 11.6 Å². The summed E-state index contributed by atoms with van der Waals surface area (Å²) in [6.07, 6.45) is 0. The molecule has 0 spiro atoms. The zero-order chi connectivity index (χ0) is 34.2. The van der Waals surface area contributed by atoms with Crippen LogP contribution in [0.1, 0.15) is 43.0 Å². The van der Waals surface area contributed by atoms with E-state index in [2.05, 4.69) is 0 Å². The number of hydrogen-bond donors (Lipinski definition) is 0. The lowest BCUT2D eigenvalue weighted by molar-refractivity contribution is -0.0217.